The van der Waals surface area contributed by atoms with E-state index in [1.54, 1.807) is 0 Å². The number of benzene rings is 1. The van der Waals surface area contributed by atoms with Crippen molar-refractivity contribution < 1.29 is 4.79 Å². The SMILES string of the molecule is CCNc1nc(SC(C)C(=O)NC2CC2)nc2ccccc12. The Balaban J connectivity index is 1.81. The van der Waals surface area contributed by atoms with E-state index in [9.17, 15) is 4.79 Å². The van der Waals surface area contributed by atoms with Crippen molar-refractivity contribution in [1.82, 2.24) is 15.3 Å². The number of carbonyl (C=O) groups is 1. The van der Waals surface area contributed by atoms with Crippen LogP contribution in [0.1, 0.15) is 26.7 Å². The van der Waals surface area contributed by atoms with E-state index in [0.717, 1.165) is 36.1 Å². The third kappa shape index (κ3) is 3.50. The first-order valence-electron chi connectivity index (χ1n) is 7.65. The van der Waals surface area contributed by atoms with Crippen molar-refractivity contribution in [3.8, 4) is 0 Å². The van der Waals surface area contributed by atoms with Gasteiger partial charge in [0.1, 0.15) is 5.82 Å². The summed E-state index contributed by atoms with van der Waals surface area (Å²) in [6, 6.07) is 8.29. The molecule has 0 spiro atoms. The number of anilines is 1. The number of nitrogens with zero attached hydrogens (tertiary/aromatic N) is 2. The Morgan fingerprint density at radius 1 is 1.36 bits per heavy atom. The third-order valence-electron chi connectivity index (χ3n) is 3.50. The number of thioether (sulfide) groups is 1. The van der Waals surface area contributed by atoms with Crippen LogP contribution in [0.4, 0.5) is 5.82 Å². The molecule has 5 nitrogen and oxygen atoms in total. The summed E-state index contributed by atoms with van der Waals surface area (Å²) in [7, 11) is 0. The van der Waals surface area contributed by atoms with E-state index in [0.29, 0.717) is 11.2 Å². The molecule has 3 rings (SSSR count). The number of hydrogen-bond donors (Lipinski definition) is 2. The van der Waals surface area contributed by atoms with E-state index >= 15 is 0 Å². The van der Waals surface area contributed by atoms with Crippen LogP contribution in [0.15, 0.2) is 29.4 Å². The number of para-hydroxylation sites is 1. The van der Waals surface area contributed by atoms with Gasteiger partial charge in [-0.05, 0) is 38.8 Å². The van der Waals surface area contributed by atoms with Gasteiger partial charge in [0.25, 0.3) is 0 Å². The Morgan fingerprint density at radius 2 is 2.14 bits per heavy atom. The van der Waals surface area contributed by atoms with Crippen LogP contribution in [0.25, 0.3) is 10.9 Å². The smallest absolute Gasteiger partial charge is 0.233 e. The molecule has 0 bridgehead atoms. The highest BCUT2D eigenvalue weighted by atomic mass is 32.2. The predicted octanol–water partition coefficient (Wildman–Crippen LogP) is 2.82. The topological polar surface area (TPSA) is 66.9 Å². The van der Waals surface area contributed by atoms with Gasteiger partial charge in [0.05, 0.1) is 10.8 Å². The molecular weight excluding hydrogens is 296 g/mol. The second-order valence-electron chi connectivity index (χ2n) is 5.45. The Kier molecular flexibility index (Phi) is 4.47. The third-order valence-corrected chi connectivity index (χ3v) is 4.46. The summed E-state index contributed by atoms with van der Waals surface area (Å²) in [5, 5.41) is 7.73. The molecule has 1 fully saturated rings. The van der Waals surface area contributed by atoms with E-state index in [1.165, 1.54) is 11.8 Å². The van der Waals surface area contributed by atoms with Gasteiger partial charge in [-0.1, -0.05) is 23.9 Å². The maximum atomic E-state index is 12.1. The molecule has 0 saturated heterocycles. The van der Waals surface area contributed by atoms with E-state index in [1.807, 2.05) is 38.1 Å². The summed E-state index contributed by atoms with van der Waals surface area (Å²) < 4.78 is 0. The molecule has 1 aliphatic carbocycles. The molecule has 1 unspecified atom stereocenters. The molecule has 2 aromatic rings. The molecule has 1 aromatic heterocycles. The molecule has 1 atom stereocenters. The highest BCUT2D eigenvalue weighted by Crippen LogP contribution is 2.27. The van der Waals surface area contributed by atoms with Crippen molar-refractivity contribution >= 4 is 34.4 Å². The van der Waals surface area contributed by atoms with Gasteiger partial charge in [0, 0.05) is 18.0 Å². The summed E-state index contributed by atoms with van der Waals surface area (Å²) in [5.74, 6) is 0.889. The van der Waals surface area contributed by atoms with E-state index in [2.05, 4.69) is 20.6 Å². The fourth-order valence-electron chi connectivity index (χ4n) is 2.17. The minimum atomic E-state index is -0.198. The number of fused-ring (bicyclic) bond motifs is 1. The Bertz CT molecular complexity index is 687. The molecule has 1 heterocycles. The first-order valence-corrected chi connectivity index (χ1v) is 8.53. The van der Waals surface area contributed by atoms with Gasteiger partial charge in [0.2, 0.25) is 5.91 Å². The molecule has 1 amide bonds. The van der Waals surface area contributed by atoms with Crippen molar-refractivity contribution in [2.75, 3.05) is 11.9 Å². The van der Waals surface area contributed by atoms with Gasteiger partial charge in [-0.25, -0.2) is 9.97 Å². The average Bonchev–Trinajstić information content (AvgIpc) is 3.31. The summed E-state index contributed by atoms with van der Waals surface area (Å²) in [5.41, 5.74) is 0.894. The summed E-state index contributed by atoms with van der Waals surface area (Å²) >= 11 is 1.40. The van der Waals surface area contributed by atoms with Crippen molar-refractivity contribution in [1.29, 1.82) is 0 Å². The van der Waals surface area contributed by atoms with Crippen molar-refractivity contribution in [3.05, 3.63) is 24.3 Å². The van der Waals surface area contributed by atoms with Crippen LogP contribution in [0.5, 0.6) is 0 Å². The standard InChI is InChI=1S/C16H20N4OS/c1-3-17-14-12-6-4-5-7-13(12)19-16(20-14)22-10(2)15(21)18-11-8-9-11/h4-7,10-11H,3,8-9H2,1-2H3,(H,18,21)(H,17,19,20). The van der Waals surface area contributed by atoms with Gasteiger partial charge in [0.15, 0.2) is 5.16 Å². The summed E-state index contributed by atoms with van der Waals surface area (Å²) in [6.45, 7) is 4.73. The lowest BCUT2D eigenvalue weighted by atomic mass is 10.2. The van der Waals surface area contributed by atoms with Crippen LogP contribution in [0, 0.1) is 0 Å². The highest BCUT2D eigenvalue weighted by molar-refractivity contribution is 8.00. The molecule has 22 heavy (non-hydrogen) atoms. The highest BCUT2D eigenvalue weighted by Gasteiger charge is 2.26. The fourth-order valence-corrected chi connectivity index (χ4v) is 2.95. The Morgan fingerprint density at radius 3 is 2.86 bits per heavy atom. The lowest BCUT2D eigenvalue weighted by molar-refractivity contribution is -0.120. The first-order chi connectivity index (χ1) is 10.7. The maximum absolute atomic E-state index is 12.1. The molecule has 116 valence electrons. The zero-order valence-corrected chi connectivity index (χ0v) is 13.6. The number of hydrogen-bond acceptors (Lipinski definition) is 5. The lowest BCUT2D eigenvalue weighted by Gasteiger charge is -2.12. The van der Waals surface area contributed by atoms with Crippen LogP contribution >= 0.6 is 11.8 Å². The number of rotatable bonds is 6. The maximum Gasteiger partial charge on any atom is 0.233 e. The quantitative estimate of drug-likeness (QED) is 0.633. The van der Waals surface area contributed by atoms with Gasteiger partial charge < -0.3 is 10.6 Å². The number of carbonyl (C=O) groups excluding carboxylic acids is 1. The monoisotopic (exact) mass is 316 g/mol. The molecule has 1 aromatic carbocycles. The molecule has 1 saturated carbocycles. The number of nitrogens with one attached hydrogen (secondary N) is 2. The Hall–Kier alpha value is -1.82. The van der Waals surface area contributed by atoms with E-state index < -0.39 is 0 Å². The summed E-state index contributed by atoms with van der Waals surface area (Å²) in [6.07, 6.45) is 2.19. The second-order valence-corrected chi connectivity index (χ2v) is 6.75. The fraction of sp³-hybridized carbons (Fsp3) is 0.438. The molecule has 1 aliphatic rings. The minimum Gasteiger partial charge on any atom is -0.370 e. The molecule has 6 heteroatoms. The summed E-state index contributed by atoms with van der Waals surface area (Å²) in [4.78, 5) is 21.2. The molecular formula is C16H20N4OS. The Labute approximate surface area is 134 Å². The van der Waals surface area contributed by atoms with Crippen molar-refractivity contribution in [3.63, 3.8) is 0 Å². The van der Waals surface area contributed by atoms with Gasteiger partial charge in [-0.15, -0.1) is 0 Å². The lowest BCUT2D eigenvalue weighted by Crippen LogP contribution is -2.32. The van der Waals surface area contributed by atoms with Crippen LogP contribution in [0.2, 0.25) is 0 Å². The largest absolute Gasteiger partial charge is 0.370 e. The van der Waals surface area contributed by atoms with Gasteiger partial charge >= 0.3 is 0 Å². The van der Waals surface area contributed by atoms with Gasteiger partial charge in [-0.2, -0.15) is 0 Å². The van der Waals surface area contributed by atoms with Crippen LogP contribution in [-0.4, -0.2) is 33.7 Å². The normalized spacial score (nSPS) is 15.5. The molecule has 2 N–H and O–H groups in total. The van der Waals surface area contributed by atoms with Crippen LogP contribution in [-0.2, 0) is 4.79 Å². The second kappa shape index (κ2) is 6.52. The zero-order valence-electron chi connectivity index (χ0n) is 12.8. The first kappa shape index (κ1) is 15.1. The molecule has 0 aliphatic heterocycles. The van der Waals surface area contributed by atoms with Crippen LogP contribution < -0.4 is 10.6 Å². The minimum absolute atomic E-state index is 0.0641. The van der Waals surface area contributed by atoms with Crippen LogP contribution in [0.3, 0.4) is 0 Å². The van der Waals surface area contributed by atoms with Crippen molar-refractivity contribution in [2.45, 2.75) is 43.1 Å². The van der Waals surface area contributed by atoms with Crippen molar-refractivity contribution in [2.24, 2.45) is 0 Å². The average molecular weight is 316 g/mol. The molecule has 0 radical (unpaired) electrons. The van der Waals surface area contributed by atoms with E-state index in [4.69, 9.17) is 0 Å². The van der Waals surface area contributed by atoms with Gasteiger partial charge in [-0.3, -0.25) is 4.79 Å². The van der Waals surface area contributed by atoms with E-state index in [-0.39, 0.29) is 11.2 Å². The predicted molar refractivity (Wildman–Crippen MR) is 90.2 cm³/mol. The number of amides is 1. The number of aromatic nitrogens is 2. The zero-order chi connectivity index (χ0) is 15.5.